The highest BCUT2D eigenvalue weighted by Crippen LogP contribution is 2.17. The van der Waals surface area contributed by atoms with Crippen molar-refractivity contribution in [3.8, 4) is 0 Å². The Labute approximate surface area is 120 Å². The van der Waals surface area contributed by atoms with Crippen molar-refractivity contribution in [2.75, 3.05) is 19.6 Å². The molecule has 4 heteroatoms. The van der Waals surface area contributed by atoms with E-state index in [0.29, 0.717) is 13.0 Å². The molecule has 0 spiro atoms. The maximum atomic E-state index is 11.6. The van der Waals surface area contributed by atoms with Crippen LogP contribution in [-0.4, -0.2) is 30.5 Å². The lowest BCUT2D eigenvalue weighted by molar-refractivity contribution is -0.120. The Morgan fingerprint density at radius 1 is 1.20 bits per heavy atom. The number of benzene rings is 1. The summed E-state index contributed by atoms with van der Waals surface area (Å²) in [6.07, 6.45) is 4.54. The third-order valence-electron chi connectivity index (χ3n) is 3.35. The molecule has 0 saturated carbocycles. The number of nitrogens with one attached hydrogen (secondary N) is 3. The van der Waals surface area contributed by atoms with Crippen molar-refractivity contribution in [1.29, 1.82) is 0 Å². The van der Waals surface area contributed by atoms with E-state index in [-0.39, 0.29) is 5.91 Å². The number of hydrogen-bond acceptors (Lipinski definition) is 2. The van der Waals surface area contributed by atoms with Crippen LogP contribution < -0.4 is 10.6 Å². The first-order valence-electron chi connectivity index (χ1n) is 7.33. The van der Waals surface area contributed by atoms with Gasteiger partial charge in [0, 0.05) is 36.6 Å². The Balaban J connectivity index is 1.71. The summed E-state index contributed by atoms with van der Waals surface area (Å²) >= 11 is 0. The summed E-state index contributed by atoms with van der Waals surface area (Å²) in [5.41, 5.74) is 2.41. The molecule has 4 nitrogen and oxygen atoms in total. The van der Waals surface area contributed by atoms with Gasteiger partial charge in [0.05, 0.1) is 0 Å². The molecule has 0 fully saturated rings. The van der Waals surface area contributed by atoms with Gasteiger partial charge in [-0.15, -0.1) is 0 Å². The molecule has 1 amide bonds. The van der Waals surface area contributed by atoms with E-state index < -0.39 is 0 Å². The smallest absolute Gasteiger partial charge is 0.221 e. The van der Waals surface area contributed by atoms with Gasteiger partial charge in [0.2, 0.25) is 5.91 Å². The Bertz CT molecular complexity index is 547. The maximum Gasteiger partial charge on any atom is 0.221 e. The van der Waals surface area contributed by atoms with E-state index in [1.807, 2.05) is 18.3 Å². The first-order valence-corrected chi connectivity index (χ1v) is 7.33. The molecule has 0 bridgehead atoms. The summed E-state index contributed by atoms with van der Waals surface area (Å²) in [7, 11) is 0. The summed E-state index contributed by atoms with van der Waals surface area (Å²) in [6, 6.07) is 8.24. The lowest BCUT2D eigenvalue weighted by Crippen LogP contribution is -2.29. The van der Waals surface area contributed by atoms with Crippen molar-refractivity contribution in [3.63, 3.8) is 0 Å². The van der Waals surface area contributed by atoms with Gasteiger partial charge >= 0.3 is 0 Å². The van der Waals surface area contributed by atoms with Gasteiger partial charge in [0.15, 0.2) is 0 Å². The fraction of sp³-hybridized carbons (Fsp3) is 0.438. The second-order valence-electron chi connectivity index (χ2n) is 4.96. The van der Waals surface area contributed by atoms with Crippen molar-refractivity contribution >= 4 is 16.8 Å². The second kappa shape index (κ2) is 7.70. The first kappa shape index (κ1) is 14.6. The quantitative estimate of drug-likeness (QED) is 0.646. The third-order valence-corrected chi connectivity index (χ3v) is 3.35. The lowest BCUT2D eigenvalue weighted by atomic mass is 10.1. The Kier molecular flexibility index (Phi) is 5.62. The number of fused-ring (bicyclic) bond motifs is 1. The average Bonchev–Trinajstić information content (AvgIpc) is 2.87. The minimum absolute atomic E-state index is 0.119. The molecule has 3 N–H and O–H groups in total. The van der Waals surface area contributed by atoms with Gasteiger partial charge in [-0.1, -0.05) is 25.1 Å². The van der Waals surface area contributed by atoms with E-state index in [4.69, 9.17) is 0 Å². The number of para-hydroxylation sites is 1. The van der Waals surface area contributed by atoms with Crippen LogP contribution in [0.2, 0.25) is 0 Å². The van der Waals surface area contributed by atoms with Crippen molar-refractivity contribution in [3.05, 3.63) is 36.0 Å². The number of rotatable bonds is 8. The van der Waals surface area contributed by atoms with Crippen molar-refractivity contribution in [2.24, 2.45) is 0 Å². The summed E-state index contributed by atoms with van der Waals surface area (Å²) < 4.78 is 0. The Morgan fingerprint density at radius 2 is 2.05 bits per heavy atom. The highest BCUT2D eigenvalue weighted by Gasteiger charge is 2.04. The molecule has 20 heavy (non-hydrogen) atoms. The van der Waals surface area contributed by atoms with Crippen LogP contribution in [0.1, 0.15) is 25.3 Å². The van der Waals surface area contributed by atoms with Gasteiger partial charge in [0.25, 0.3) is 0 Å². The van der Waals surface area contributed by atoms with E-state index >= 15 is 0 Å². The Morgan fingerprint density at radius 3 is 2.90 bits per heavy atom. The highest BCUT2D eigenvalue weighted by molar-refractivity contribution is 5.83. The SMILES string of the molecule is CCCNCCC(=O)NCCc1c[nH]c2ccccc12. The summed E-state index contributed by atoms with van der Waals surface area (Å²) in [5.74, 6) is 0.119. The van der Waals surface area contributed by atoms with E-state index in [1.165, 1.54) is 10.9 Å². The fourth-order valence-electron chi connectivity index (χ4n) is 2.27. The van der Waals surface area contributed by atoms with Crippen molar-refractivity contribution < 1.29 is 4.79 Å². The number of carbonyl (C=O) groups excluding carboxylic acids is 1. The number of aromatic amines is 1. The van der Waals surface area contributed by atoms with E-state index in [0.717, 1.165) is 31.4 Å². The minimum Gasteiger partial charge on any atom is -0.361 e. The average molecular weight is 273 g/mol. The van der Waals surface area contributed by atoms with Crippen LogP contribution in [0.25, 0.3) is 10.9 Å². The van der Waals surface area contributed by atoms with Crippen LogP contribution in [0, 0.1) is 0 Å². The molecule has 0 aliphatic heterocycles. The molecule has 1 aromatic heterocycles. The zero-order valence-electron chi connectivity index (χ0n) is 12.0. The predicted octanol–water partition coefficient (Wildman–Crippen LogP) is 2.22. The first-order chi connectivity index (χ1) is 9.81. The number of amides is 1. The predicted molar refractivity (Wildman–Crippen MR) is 82.8 cm³/mol. The second-order valence-corrected chi connectivity index (χ2v) is 4.96. The molecule has 108 valence electrons. The highest BCUT2D eigenvalue weighted by atomic mass is 16.1. The fourth-order valence-corrected chi connectivity index (χ4v) is 2.27. The van der Waals surface area contributed by atoms with Crippen molar-refractivity contribution in [1.82, 2.24) is 15.6 Å². The normalized spacial score (nSPS) is 10.8. The van der Waals surface area contributed by atoms with Gasteiger partial charge in [0.1, 0.15) is 0 Å². The largest absolute Gasteiger partial charge is 0.361 e. The zero-order chi connectivity index (χ0) is 14.2. The van der Waals surface area contributed by atoms with Gasteiger partial charge in [-0.05, 0) is 31.0 Å². The van der Waals surface area contributed by atoms with Gasteiger partial charge in [-0.2, -0.15) is 0 Å². The molecule has 0 atom stereocenters. The topological polar surface area (TPSA) is 56.9 Å². The molecular weight excluding hydrogens is 250 g/mol. The van der Waals surface area contributed by atoms with Crippen LogP contribution >= 0.6 is 0 Å². The number of H-pyrrole nitrogens is 1. The molecule has 1 aromatic carbocycles. The molecule has 2 aromatic rings. The molecule has 2 rings (SSSR count). The third kappa shape index (κ3) is 4.10. The van der Waals surface area contributed by atoms with Crippen molar-refractivity contribution in [2.45, 2.75) is 26.2 Å². The number of hydrogen-bond donors (Lipinski definition) is 3. The molecule has 0 aliphatic rings. The lowest BCUT2D eigenvalue weighted by Gasteiger charge is -2.05. The number of carbonyl (C=O) groups is 1. The summed E-state index contributed by atoms with van der Waals surface area (Å²) in [6.45, 7) is 4.54. The van der Waals surface area contributed by atoms with Gasteiger partial charge in [-0.25, -0.2) is 0 Å². The summed E-state index contributed by atoms with van der Waals surface area (Å²) in [5, 5.41) is 7.44. The molecule has 0 unspecified atom stereocenters. The van der Waals surface area contributed by atoms with Crippen LogP contribution in [0.4, 0.5) is 0 Å². The number of aromatic nitrogens is 1. The molecule has 0 saturated heterocycles. The zero-order valence-corrected chi connectivity index (χ0v) is 12.0. The van der Waals surface area contributed by atoms with Crippen LogP contribution in [0.15, 0.2) is 30.5 Å². The van der Waals surface area contributed by atoms with E-state index in [9.17, 15) is 4.79 Å². The standard InChI is InChI=1S/C16H23N3O/c1-2-9-17-10-8-16(20)18-11-7-13-12-19-15-6-4-3-5-14(13)15/h3-6,12,17,19H,2,7-11H2,1H3,(H,18,20). The van der Waals surface area contributed by atoms with Crippen LogP contribution in [0.3, 0.4) is 0 Å². The Hall–Kier alpha value is -1.81. The van der Waals surface area contributed by atoms with E-state index in [2.05, 4.69) is 34.7 Å². The molecular formula is C16H23N3O. The monoisotopic (exact) mass is 273 g/mol. The molecule has 0 aliphatic carbocycles. The van der Waals surface area contributed by atoms with Crippen LogP contribution in [0.5, 0.6) is 0 Å². The maximum absolute atomic E-state index is 11.6. The van der Waals surface area contributed by atoms with Gasteiger partial charge in [-0.3, -0.25) is 4.79 Å². The molecule has 0 radical (unpaired) electrons. The molecule has 1 heterocycles. The van der Waals surface area contributed by atoms with Gasteiger partial charge < -0.3 is 15.6 Å². The minimum atomic E-state index is 0.119. The summed E-state index contributed by atoms with van der Waals surface area (Å²) in [4.78, 5) is 14.9. The van der Waals surface area contributed by atoms with Crippen LogP contribution in [-0.2, 0) is 11.2 Å². The van der Waals surface area contributed by atoms with E-state index in [1.54, 1.807) is 0 Å².